The van der Waals surface area contributed by atoms with Gasteiger partial charge in [0.15, 0.2) is 0 Å². The fourth-order valence-corrected chi connectivity index (χ4v) is 6.80. The van der Waals surface area contributed by atoms with Crippen molar-refractivity contribution in [2.75, 3.05) is 11.3 Å². The van der Waals surface area contributed by atoms with Crippen molar-refractivity contribution in [2.45, 2.75) is 90.1 Å². The van der Waals surface area contributed by atoms with Gasteiger partial charge in [-0.15, -0.1) is 0 Å². The predicted molar refractivity (Wildman–Crippen MR) is 193 cm³/mol. The van der Waals surface area contributed by atoms with E-state index in [1.165, 1.54) is 31.2 Å². The summed E-state index contributed by atoms with van der Waals surface area (Å²) in [6.45, 7) is 11.7. The van der Waals surface area contributed by atoms with E-state index in [4.69, 9.17) is 24.1 Å². The Labute approximate surface area is 291 Å². The van der Waals surface area contributed by atoms with Crippen molar-refractivity contribution < 1.29 is 19.1 Å². The van der Waals surface area contributed by atoms with E-state index >= 15 is 0 Å². The highest BCUT2D eigenvalue weighted by Crippen LogP contribution is 2.44. The molecule has 11 heteroatoms. The Hall–Kier alpha value is -4.48. The van der Waals surface area contributed by atoms with Crippen LogP contribution in [-0.4, -0.2) is 43.7 Å². The Morgan fingerprint density at radius 3 is 2.55 bits per heavy atom. The van der Waals surface area contributed by atoms with Crippen molar-refractivity contribution >= 4 is 35.1 Å². The molecule has 0 aliphatic heterocycles. The number of carbonyl (C=O) groups is 1. The van der Waals surface area contributed by atoms with Gasteiger partial charge in [-0.05, 0) is 86.2 Å². The molecule has 6 rings (SSSR count). The number of nitrogens with one attached hydrogen (secondary N) is 2. The number of carboxylic acid groups (broad SMARTS) is 1. The van der Waals surface area contributed by atoms with Gasteiger partial charge in [0.1, 0.15) is 17.9 Å². The summed E-state index contributed by atoms with van der Waals surface area (Å²) in [6, 6.07) is 16.8. The summed E-state index contributed by atoms with van der Waals surface area (Å²) in [5, 5.41) is 13.1. The first-order valence-electron chi connectivity index (χ1n) is 16.9. The first-order chi connectivity index (χ1) is 23.5. The van der Waals surface area contributed by atoms with Gasteiger partial charge >= 0.3 is 5.97 Å². The number of anilines is 1. The van der Waals surface area contributed by atoms with Crippen LogP contribution >= 0.6 is 11.9 Å². The van der Waals surface area contributed by atoms with E-state index in [0.29, 0.717) is 36.1 Å². The number of nitrogens with zero attached hydrogens (tertiary/aromatic N) is 4. The number of aromatic nitrogens is 4. The molecule has 0 spiro atoms. The summed E-state index contributed by atoms with van der Waals surface area (Å²) in [6.07, 6.45) is 7.64. The van der Waals surface area contributed by atoms with E-state index < -0.39 is 5.97 Å². The van der Waals surface area contributed by atoms with Gasteiger partial charge < -0.3 is 19.6 Å². The SMILES string of the molecule is Cc1cccc(C)c1-c1cc(OCC(CCC2(C)CCC2)NCc2cnc3oc(C(C)C)cc3n2)nc(NSc2cccc(C(=O)O)c2)n1. The highest BCUT2D eigenvalue weighted by atomic mass is 32.2. The van der Waals surface area contributed by atoms with E-state index in [1.807, 2.05) is 24.3 Å². The molecule has 0 saturated heterocycles. The summed E-state index contributed by atoms with van der Waals surface area (Å²) in [5.74, 6) is 0.997. The topological polar surface area (TPSA) is 135 Å². The molecule has 49 heavy (non-hydrogen) atoms. The Balaban J connectivity index is 1.22. The summed E-state index contributed by atoms with van der Waals surface area (Å²) in [7, 11) is 0. The molecule has 0 amide bonds. The molecule has 1 aliphatic rings. The highest BCUT2D eigenvalue weighted by molar-refractivity contribution is 8.00. The van der Waals surface area contributed by atoms with Crippen LogP contribution in [0.3, 0.4) is 0 Å². The minimum absolute atomic E-state index is 0.0497. The summed E-state index contributed by atoms with van der Waals surface area (Å²) < 4.78 is 15.5. The summed E-state index contributed by atoms with van der Waals surface area (Å²) in [4.78, 5) is 31.1. The van der Waals surface area contributed by atoms with Crippen molar-refractivity contribution in [3.05, 3.63) is 88.9 Å². The number of aryl methyl sites for hydroxylation is 2. The summed E-state index contributed by atoms with van der Waals surface area (Å²) in [5.41, 5.74) is 6.74. The molecule has 1 saturated carbocycles. The molecule has 2 aromatic carbocycles. The molecule has 3 aromatic heterocycles. The first kappa shape index (κ1) is 34.4. The second-order valence-electron chi connectivity index (χ2n) is 13.7. The fraction of sp³-hybridized carbons (Fsp3) is 0.395. The molecule has 5 aromatic rings. The third-order valence-corrected chi connectivity index (χ3v) is 10.1. The number of benzene rings is 2. The molecule has 0 bridgehead atoms. The largest absolute Gasteiger partial charge is 0.478 e. The zero-order valence-corrected chi connectivity index (χ0v) is 29.6. The minimum Gasteiger partial charge on any atom is -0.478 e. The predicted octanol–water partition coefficient (Wildman–Crippen LogP) is 8.75. The van der Waals surface area contributed by atoms with E-state index in [-0.39, 0.29) is 17.5 Å². The van der Waals surface area contributed by atoms with Gasteiger partial charge in [-0.3, -0.25) is 4.72 Å². The maximum absolute atomic E-state index is 11.5. The van der Waals surface area contributed by atoms with Crippen molar-refractivity contribution in [1.29, 1.82) is 0 Å². The molecule has 3 N–H and O–H groups in total. The van der Waals surface area contributed by atoms with Gasteiger partial charge in [0.25, 0.3) is 0 Å². The zero-order chi connectivity index (χ0) is 34.5. The standard InChI is InChI=1S/C38H44N6O4S/c1-23(2)32-18-31-35(48-32)40-21-28(41-31)20-39-27(13-16-38(5)14-8-15-38)22-47-33-19-30(34-24(3)9-6-10-25(34)4)42-37(43-33)44-49-29-12-7-11-26(17-29)36(45)46/h6-7,9-12,17-19,21,23,27,39H,8,13-16,20,22H2,1-5H3,(H,45,46)(H,42,43,44). The average Bonchev–Trinajstić information content (AvgIpc) is 3.50. The number of furan rings is 1. The second-order valence-corrected chi connectivity index (χ2v) is 14.5. The van der Waals surface area contributed by atoms with Gasteiger partial charge in [-0.1, -0.05) is 51.5 Å². The lowest BCUT2D eigenvalue weighted by Crippen LogP contribution is -2.37. The third-order valence-electron chi connectivity index (χ3n) is 9.32. The second kappa shape index (κ2) is 15.0. The van der Waals surface area contributed by atoms with Crippen molar-refractivity contribution in [3.63, 3.8) is 0 Å². The smallest absolute Gasteiger partial charge is 0.335 e. The third kappa shape index (κ3) is 8.58. The number of fused-ring (bicyclic) bond motifs is 1. The van der Waals surface area contributed by atoms with Crippen LogP contribution in [-0.2, 0) is 6.54 Å². The molecule has 256 valence electrons. The summed E-state index contributed by atoms with van der Waals surface area (Å²) >= 11 is 1.25. The maximum Gasteiger partial charge on any atom is 0.335 e. The quantitative estimate of drug-likeness (QED) is 0.0916. The fourth-order valence-electron chi connectivity index (χ4n) is 6.17. The van der Waals surface area contributed by atoms with E-state index in [9.17, 15) is 9.90 Å². The molecule has 1 unspecified atom stereocenters. The number of hydrogen-bond donors (Lipinski definition) is 3. The Morgan fingerprint density at radius 1 is 1.06 bits per heavy atom. The van der Waals surface area contributed by atoms with Gasteiger partial charge in [0.05, 0.1) is 23.1 Å². The number of carboxylic acids is 1. The van der Waals surface area contributed by atoms with Crippen LogP contribution in [0.2, 0.25) is 0 Å². The lowest BCUT2D eigenvalue weighted by molar-refractivity contribution is 0.0696. The zero-order valence-electron chi connectivity index (χ0n) is 28.7. The van der Waals surface area contributed by atoms with Crippen molar-refractivity contribution in [1.82, 2.24) is 25.3 Å². The van der Waals surface area contributed by atoms with Crippen LogP contribution in [0.4, 0.5) is 5.95 Å². The van der Waals surface area contributed by atoms with Crippen LogP contribution < -0.4 is 14.8 Å². The average molecular weight is 681 g/mol. The maximum atomic E-state index is 11.5. The van der Waals surface area contributed by atoms with Crippen LogP contribution in [0.25, 0.3) is 22.5 Å². The molecular weight excluding hydrogens is 637 g/mol. The molecule has 1 fully saturated rings. The van der Waals surface area contributed by atoms with E-state index in [0.717, 1.165) is 57.1 Å². The van der Waals surface area contributed by atoms with Crippen molar-refractivity contribution in [2.24, 2.45) is 5.41 Å². The van der Waals surface area contributed by atoms with Crippen LogP contribution in [0.5, 0.6) is 5.88 Å². The van der Waals surface area contributed by atoms with E-state index in [1.54, 1.807) is 24.4 Å². The van der Waals surface area contributed by atoms with Gasteiger partial charge in [0.2, 0.25) is 17.5 Å². The van der Waals surface area contributed by atoms with Gasteiger partial charge in [0, 0.05) is 41.1 Å². The van der Waals surface area contributed by atoms with Crippen LogP contribution in [0, 0.1) is 19.3 Å². The van der Waals surface area contributed by atoms with Crippen molar-refractivity contribution in [3.8, 4) is 17.1 Å². The van der Waals surface area contributed by atoms with E-state index in [2.05, 4.69) is 61.8 Å². The normalized spacial score (nSPS) is 14.5. The Bertz CT molecular complexity index is 1920. The van der Waals surface area contributed by atoms with Gasteiger partial charge in [-0.25, -0.2) is 19.7 Å². The lowest BCUT2D eigenvalue weighted by atomic mass is 9.67. The minimum atomic E-state index is -0.977. The van der Waals surface area contributed by atoms with Crippen LogP contribution in [0.15, 0.2) is 70.1 Å². The first-order valence-corrected chi connectivity index (χ1v) is 17.7. The highest BCUT2D eigenvalue weighted by Gasteiger charge is 2.32. The van der Waals surface area contributed by atoms with Gasteiger partial charge in [-0.2, -0.15) is 4.98 Å². The number of ether oxygens (including phenoxy) is 1. The monoisotopic (exact) mass is 680 g/mol. The van der Waals surface area contributed by atoms with Crippen LogP contribution in [0.1, 0.15) is 91.7 Å². The lowest BCUT2D eigenvalue weighted by Gasteiger charge is -2.39. The molecule has 1 aliphatic carbocycles. The molecule has 3 heterocycles. The number of rotatable bonds is 15. The molecular formula is C38H44N6O4S. The number of hydrogen-bond acceptors (Lipinski definition) is 10. The molecule has 0 radical (unpaired) electrons. The number of aromatic carboxylic acids is 1. The Kier molecular flexibility index (Phi) is 10.5. The molecule has 10 nitrogen and oxygen atoms in total. The Morgan fingerprint density at radius 2 is 1.84 bits per heavy atom. The molecule has 1 atom stereocenters.